The standard InChI is InChI=1S/C12H16BrN5/c1-17-4-2-9(3-5-17)18-11-10(16-12(18)14)6-8(13)7-15-11/h6-7,9H,2-5H2,1H3,(H2,14,16). The summed E-state index contributed by atoms with van der Waals surface area (Å²) in [4.78, 5) is 11.2. The second-order valence-corrected chi connectivity index (χ2v) is 5.79. The number of nitrogens with two attached hydrogens (primary N) is 1. The number of nitrogen functional groups attached to an aromatic ring is 1. The van der Waals surface area contributed by atoms with Gasteiger partial charge in [-0.1, -0.05) is 0 Å². The van der Waals surface area contributed by atoms with Crippen LogP contribution in [-0.2, 0) is 0 Å². The van der Waals surface area contributed by atoms with Gasteiger partial charge in [0.2, 0.25) is 5.95 Å². The number of piperidine rings is 1. The summed E-state index contributed by atoms with van der Waals surface area (Å²) in [5.74, 6) is 0.574. The summed E-state index contributed by atoms with van der Waals surface area (Å²) in [6.07, 6.45) is 4.00. The van der Waals surface area contributed by atoms with Crippen molar-refractivity contribution in [3.05, 3.63) is 16.7 Å². The van der Waals surface area contributed by atoms with E-state index < -0.39 is 0 Å². The van der Waals surface area contributed by atoms with Gasteiger partial charge in [-0.15, -0.1) is 0 Å². The van der Waals surface area contributed by atoms with E-state index in [2.05, 4.69) is 42.4 Å². The molecule has 1 fully saturated rings. The number of likely N-dealkylation sites (tertiary alicyclic amines) is 1. The maximum Gasteiger partial charge on any atom is 0.202 e. The fourth-order valence-electron chi connectivity index (χ4n) is 2.59. The summed E-state index contributed by atoms with van der Waals surface area (Å²) < 4.78 is 3.03. The molecule has 1 aliphatic heterocycles. The molecule has 0 aliphatic carbocycles. The molecule has 0 radical (unpaired) electrons. The van der Waals surface area contributed by atoms with Crippen LogP contribution in [0.15, 0.2) is 16.7 Å². The minimum atomic E-state index is 0.417. The minimum absolute atomic E-state index is 0.417. The van der Waals surface area contributed by atoms with Crippen molar-refractivity contribution in [3.63, 3.8) is 0 Å². The first-order valence-corrected chi connectivity index (χ1v) is 6.92. The molecule has 0 unspecified atom stereocenters. The number of hydrogen-bond acceptors (Lipinski definition) is 4. The number of halogens is 1. The fourth-order valence-corrected chi connectivity index (χ4v) is 2.91. The zero-order valence-electron chi connectivity index (χ0n) is 10.3. The van der Waals surface area contributed by atoms with Gasteiger partial charge in [0.05, 0.1) is 0 Å². The Balaban J connectivity index is 2.03. The molecule has 0 amide bonds. The molecule has 2 aromatic rings. The lowest BCUT2D eigenvalue weighted by atomic mass is 10.1. The predicted octanol–water partition coefficient (Wildman–Crippen LogP) is 2.04. The van der Waals surface area contributed by atoms with Crippen LogP contribution in [0.1, 0.15) is 18.9 Å². The maximum atomic E-state index is 6.05. The summed E-state index contributed by atoms with van der Waals surface area (Å²) in [6.45, 7) is 2.20. The largest absolute Gasteiger partial charge is 0.369 e. The highest BCUT2D eigenvalue weighted by Gasteiger charge is 2.22. The minimum Gasteiger partial charge on any atom is -0.369 e. The van der Waals surface area contributed by atoms with Crippen molar-refractivity contribution in [2.45, 2.75) is 18.9 Å². The van der Waals surface area contributed by atoms with E-state index in [1.807, 2.05) is 6.07 Å². The van der Waals surface area contributed by atoms with E-state index in [1.165, 1.54) is 0 Å². The van der Waals surface area contributed by atoms with E-state index >= 15 is 0 Å². The average Bonchev–Trinajstić information content (AvgIpc) is 2.65. The van der Waals surface area contributed by atoms with Gasteiger partial charge in [-0.3, -0.25) is 4.57 Å². The van der Waals surface area contributed by atoms with E-state index in [9.17, 15) is 0 Å². The lowest BCUT2D eigenvalue weighted by molar-refractivity contribution is 0.224. The Morgan fingerprint density at radius 3 is 2.83 bits per heavy atom. The van der Waals surface area contributed by atoms with E-state index in [1.54, 1.807) is 6.20 Å². The summed E-state index contributed by atoms with van der Waals surface area (Å²) in [6, 6.07) is 2.38. The Morgan fingerprint density at radius 1 is 1.39 bits per heavy atom. The van der Waals surface area contributed by atoms with Crippen LogP contribution in [0.3, 0.4) is 0 Å². The molecule has 96 valence electrons. The Hall–Kier alpha value is -1.14. The molecular weight excluding hydrogens is 294 g/mol. The van der Waals surface area contributed by atoms with Gasteiger partial charge in [0.15, 0.2) is 5.65 Å². The maximum absolute atomic E-state index is 6.05. The van der Waals surface area contributed by atoms with Crippen molar-refractivity contribution in [1.82, 2.24) is 19.4 Å². The van der Waals surface area contributed by atoms with Crippen molar-refractivity contribution in [1.29, 1.82) is 0 Å². The summed E-state index contributed by atoms with van der Waals surface area (Å²) in [5, 5.41) is 0. The van der Waals surface area contributed by atoms with Crippen molar-refractivity contribution < 1.29 is 0 Å². The van der Waals surface area contributed by atoms with Gasteiger partial charge in [-0.2, -0.15) is 0 Å². The number of anilines is 1. The van der Waals surface area contributed by atoms with Crippen molar-refractivity contribution in [3.8, 4) is 0 Å². The molecule has 5 nitrogen and oxygen atoms in total. The van der Waals surface area contributed by atoms with Crippen LogP contribution in [0.5, 0.6) is 0 Å². The number of fused-ring (bicyclic) bond motifs is 1. The van der Waals surface area contributed by atoms with Crippen LogP contribution >= 0.6 is 15.9 Å². The second kappa shape index (κ2) is 4.51. The fraction of sp³-hybridized carbons (Fsp3) is 0.500. The topological polar surface area (TPSA) is 60.0 Å². The highest BCUT2D eigenvalue weighted by atomic mass is 79.9. The number of imidazole rings is 1. The van der Waals surface area contributed by atoms with Crippen LogP contribution < -0.4 is 5.73 Å². The zero-order chi connectivity index (χ0) is 12.7. The molecule has 0 aromatic carbocycles. The Morgan fingerprint density at radius 2 is 2.11 bits per heavy atom. The van der Waals surface area contributed by atoms with Crippen LogP contribution in [0.2, 0.25) is 0 Å². The number of rotatable bonds is 1. The normalized spacial score (nSPS) is 18.6. The van der Waals surface area contributed by atoms with Gasteiger partial charge in [0.25, 0.3) is 0 Å². The first-order chi connectivity index (χ1) is 8.65. The van der Waals surface area contributed by atoms with Crippen LogP contribution in [0.4, 0.5) is 5.95 Å². The third-order valence-electron chi connectivity index (χ3n) is 3.58. The van der Waals surface area contributed by atoms with Crippen molar-refractivity contribution >= 4 is 33.0 Å². The number of nitrogens with zero attached hydrogens (tertiary/aromatic N) is 4. The quantitative estimate of drug-likeness (QED) is 0.876. The van der Waals surface area contributed by atoms with Gasteiger partial charge in [0, 0.05) is 16.7 Å². The van der Waals surface area contributed by atoms with Crippen LogP contribution in [0.25, 0.3) is 11.2 Å². The van der Waals surface area contributed by atoms with E-state index in [0.717, 1.165) is 41.6 Å². The van der Waals surface area contributed by atoms with Gasteiger partial charge >= 0.3 is 0 Å². The van der Waals surface area contributed by atoms with Crippen LogP contribution in [-0.4, -0.2) is 39.6 Å². The predicted molar refractivity (Wildman–Crippen MR) is 75.4 cm³/mol. The first kappa shape index (κ1) is 11.9. The molecule has 0 bridgehead atoms. The van der Waals surface area contributed by atoms with Gasteiger partial charge in [0.1, 0.15) is 5.52 Å². The molecule has 0 saturated carbocycles. The highest BCUT2D eigenvalue weighted by molar-refractivity contribution is 9.10. The SMILES string of the molecule is CN1CCC(n2c(N)nc3cc(Br)cnc32)CC1. The molecule has 2 aromatic heterocycles. The zero-order valence-corrected chi connectivity index (χ0v) is 11.9. The summed E-state index contributed by atoms with van der Waals surface area (Å²) >= 11 is 3.41. The Bertz CT molecular complexity index is 571. The van der Waals surface area contributed by atoms with Gasteiger partial charge in [-0.05, 0) is 55.0 Å². The molecule has 1 saturated heterocycles. The first-order valence-electron chi connectivity index (χ1n) is 6.12. The summed E-state index contributed by atoms with van der Waals surface area (Å²) in [7, 11) is 2.15. The summed E-state index contributed by atoms with van der Waals surface area (Å²) in [5.41, 5.74) is 7.81. The van der Waals surface area contributed by atoms with Gasteiger partial charge < -0.3 is 10.6 Å². The Labute approximate surface area is 114 Å². The van der Waals surface area contributed by atoms with Gasteiger partial charge in [-0.25, -0.2) is 9.97 Å². The molecule has 2 N–H and O–H groups in total. The Kier molecular flexibility index (Phi) is 2.99. The van der Waals surface area contributed by atoms with E-state index in [0.29, 0.717) is 12.0 Å². The van der Waals surface area contributed by atoms with Crippen molar-refractivity contribution in [2.75, 3.05) is 25.9 Å². The monoisotopic (exact) mass is 309 g/mol. The number of hydrogen-bond donors (Lipinski definition) is 1. The smallest absolute Gasteiger partial charge is 0.202 e. The second-order valence-electron chi connectivity index (χ2n) is 4.87. The molecule has 18 heavy (non-hydrogen) atoms. The molecule has 0 spiro atoms. The molecule has 3 rings (SSSR count). The van der Waals surface area contributed by atoms with Crippen molar-refractivity contribution in [2.24, 2.45) is 0 Å². The highest BCUT2D eigenvalue weighted by Crippen LogP contribution is 2.29. The lowest BCUT2D eigenvalue weighted by Gasteiger charge is -2.30. The third-order valence-corrected chi connectivity index (χ3v) is 4.01. The number of pyridine rings is 1. The van der Waals surface area contributed by atoms with Crippen LogP contribution in [0, 0.1) is 0 Å². The lowest BCUT2D eigenvalue weighted by Crippen LogP contribution is -2.31. The third kappa shape index (κ3) is 1.99. The average molecular weight is 310 g/mol. The van der Waals surface area contributed by atoms with E-state index in [-0.39, 0.29) is 0 Å². The molecular formula is C12H16BrN5. The number of aromatic nitrogens is 3. The molecule has 1 aliphatic rings. The molecule has 6 heteroatoms. The van der Waals surface area contributed by atoms with E-state index in [4.69, 9.17) is 5.73 Å². The molecule has 3 heterocycles. The molecule has 0 atom stereocenters.